The van der Waals surface area contributed by atoms with Crippen molar-refractivity contribution in [2.24, 2.45) is 11.8 Å². The minimum absolute atomic E-state index is 0.0168. The van der Waals surface area contributed by atoms with Crippen molar-refractivity contribution in [1.29, 1.82) is 0 Å². The molecule has 63 heavy (non-hydrogen) atoms. The van der Waals surface area contributed by atoms with Gasteiger partial charge in [-0.15, -0.1) is 0 Å². The third-order valence-corrected chi connectivity index (χ3v) is 10.0. The number of carbonyl (C=O) groups excluding carboxylic acids is 4. The first-order chi connectivity index (χ1) is 30.5. The van der Waals surface area contributed by atoms with E-state index in [1.54, 1.807) is 27.7 Å². The SMILES string of the molecule is CCOC(=O)[C@H](C)C[C@@H](Cc1ccc(-c2ccccc2)cc1)NC(=O)c1c[nH]c(=O)o1.CCOC(=O)[C@H](C)C[C@@H](Cc1ccc(-c2ccccc2)cc1)NC(=O)c1cnc(OC)o1. The molecular weight excluding hydrogens is 805 g/mol. The van der Waals surface area contributed by atoms with Gasteiger partial charge < -0.3 is 33.7 Å². The van der Waals surface area contributed by atoms with E-state index in [9.17, 15) is 24.0 Å². The molecule has 3 N–H and O–H groups in total. The summed E-state index contributed by atoms with van der Waals surface area (Å²) in [6, 6.07) is 35.8. The Kier molecular flexibility index (Phi) is 17.6. The maximum atomic E-state index is 12.7. The van der Waals surface area contributed by atoms with Gasteiger partial charge >= 0.3 is 23.8 Å². The van der Waals surface area contributed by atoms with Crippen molar-refractivity contribution in [2.75, 3.05) is 20.3 Å². The number of oxazole rings is 2. The fourth-order valence-electron chi connectivity index (χ4n) is 6.86. The van der Waals surface area contributed by atoms with Crippen LogP contribution in [0.15, 0.2) is 135 Å². The van der Waals surface area contributed by atoms with E-state index in [1.165, 1.54) is 19.5 Å². The number of nitrogens with one attached hydrogen (secondary N) is 3. The van der Waals surface area contributed by atoms with E-state index in [0.717, 1.165) is 33.4 Å². The molecule has 2 amide bonds. The quantitative estimate of drug-likeness (QED) is 0.0672. The summed E-state index contributed by atoms with van der Waals surface area (Å²) in [5, 5.41) is 5.83. The molecule has 0 saturated carbocycles. The van der Waals surface area contributed by atoms with E-state index in [4.69, 9.17) is 23.0 Å². The van der Waals surface area contributed by atoms with Crippen LogP contribution in [0.25, 0.3) is 22.3 Å². The van der Waals surface area contributed by atoms with E-state index < -0.39 is 23.5 Å². The standard InChI is InChI=1S/C25H28N2O5.C24H26N2O5/c1-4-31-24(29)17(2)14-21(27-23(28)22-16-26-25(30-3)32-22)15-18-10-12-20(13-11-18)19-8-6-5-7-9-19;1-3-30-23(28)16(2)13-20(26-22(27)21-15-25-24(29)31-21)14-17-9-11-19(12-10-17)18-7-5-4-6-8-18/h5-13,16-17,21H,4,14-15H2,1-3H3,(H,27,28);4-12,15-16,20H,3,13-14H2,1-2H3,(H,25,29)(H,26,27)/t17-,21+;16-,20+/m11/s1. The van der Waals surface area contributed by atoms with E-state index in [0.29, 0.717) is 38.9 Å². The molecule has 2 heterocycles. The molecule has 6 aromatic rings. The molecule has 0 spiro atoms. The zero-order valence-electron chi connectivity index (χ0n) is 36.1. The lowest BCUT2D eigenvalue weighted by Gasteiger charge is -2.21. The molecule has 6 rings (SSSR count). The van der Waals surface area contributed by atoms with Crippen LogP contribution in [0.4, 0.5) is 0 Å². The average molecular weight is 859 g/mol. The molecule has 0 fully saturated rings. The minimum Gasteiger partial charge on any atom is -0.466 e. The second-order valence-electron chi connectivity index (χ2n) is 14.9. The van der Waals surface area contributed by atoms with Crippen LogP contribution in [0.2, 0.25) is 0 Å². The summed E-state index contributed by atoms with van der Waals surface area (Å²) in [7, 11) is 1.41. The van der Waals surface area contributed by atoms with Crippen LogP contribution in [0.1, 0.15) is 72.8 Å². The van der Waals surface area contributed by atoms with Gasteiger partial charge in [0.15, 0.2) is 0 Å². The van der Waals surface area contributed by atoms with Crippen LogP contribution in [0.5, 0.6) is 6.08 Å². The van der Waals surface area contributed by atoms with Crippen LogP contribution in [0, 0.1) is 11.8 Å². The van der Waals surface area contributed by atoms with Gasteiger partial charge in [-0.2, -0.15) is 4.98 Å². The van der Waals surface area contributed by atoms with E-state index in [1.807, 2.05) is 84.9 Å². The first kappa shape index (κ1) is 46.8. The summed E-state index contributed by atoms with van der Waals surface area (Å²) in [6.45, 7) is 7.72. The third-order valence-electron chi connectivity index (χ3n) is 10.0. The molecule has 0 radical (unpaired) electrons. The predicted octanol–water partition coefficient (Wildman–Crippen LogP) is 7.85. The number of methoxy groups -OCH3 is 1. The summed E-state index contributed by atoms with van der Waals surface area (Å²) in [5.41, 5.74) is 6.52. The fourth-order valence-corrected chi connectivity index (χ4v) is 6.86. The number of H-pyrrole nitrogens is 1. The smallest absolute Gasteiger partial charge is 0.416 e. The van der Waals surface area contributed by atoms with Crippen LogP contribution >= 0.6 is 0 Å². The Morgan fingerprint density at radius 2 is 1.05 bits per heavy atom. The molecule has 4 aromatic carbocycles. The Labute approximate surface area is 366 Å². The number of amides is 2. The van der Waals surface area contributed by atoms with Crippen LogP contribution < -0.4 is 21.1 Å². The second-order valence-corrected chi connectivity index (χ2v) is 14.9. The van der Waals surface area contributed by atoms with Crippen molar-refractivity contribution in [1.82, 2.24) is 20.6 Å². The van der Waals surface area contributed by atoms with Crippen molar-refractivity contribution in [3.8, 4) is 28.3 Å². The molecule has 14 nitrogen and oxygen atoms in total. The number of benzene rings is 4. The normalized spacial score (nSPS) is 12.7. The Hall–Kier alpha value is -7.22. The van der Waals surface area contributed by atoms with Crippen molar-refractivity contribution in [2.45, 2.75) is 65.5 Å². The Morgan fingerprint density at radius 1 is 0.619 bits per heavy atom. The topological polar surface area (TPSA) is 192 Å². The lowest BCUT2D eigenvalue weighted by atomic mass is 9.95. The fraction of sp³-hybridized carbons (Fsp3) is 0.306. The first-order valence-corrected chi connectivity index (χ1v) is 20.9. The van der Waals surface area contributed by atoms with Gasteiger partial charge in [0.2, 0.25) is 11.5 Å². The van der Waals surface area contributed by atoms with Gasteiger partial charge in [0.25, 0.3) is 11.8 Å². The molecule has 0 bridgehead atoms. The summed E-state index contributed by atoms with van der Waals surface area (Å²) >= 11 is 0. The van der Waals surface area contributed by atoms with Crippen LogP contribution in [-0.2, 0) is 31.9 Å². The van der Waals surface area contributed by atoms with Crippen molar-refractivity contribution >= 4 is 23.8 Å². The number of ether oxygens (including phenoxy) is 3. The first-order valence-electron chi connectivity index (χ1n) is 20.9. The molecule has 2 aromatic heterocycles. The van der Waals surface area contributed by atoms with E-state index in [-0.39, 0.29) is 47.5 Å². The molecule has 0 unspecified atom stereocenters. The molecular formula is C49H54N4O10. The number of esters is 2. The number of rotatable bonds is 19. The van der Waals surface area contributed by atoms with E-state index >= 15 is 0 Å². The van der Waals surface area contributed by atoms with Crippen LogP contribution in [-0.4, -0.2) is 66.1 Å². The highest BCUT2D eigenvalue weighted by Crippen LogP contribution is 2.23. The monoisotopic (exact) mass is 858 g/mol. The number of nitrogens with zero attached hydrogens (tertiary/aromatic N) is 1. The predicted molar refractivity (Wildman–Crippen MR) is 237 cm³/mol. The Morgan fingerprint density at radius 3 is 1.43 bits per heavy atom. The Bertz CT molecular complexity index is 2410. The summed E-state index contributed by atoms with van der Waals surface area (Å²) in [6.07, 6.45) is 4.43. The van der Waals surface area contributed by atoms with Crippen LogP contribution in [0.3, 0.4) is 0 Å². The van der Waals surface area contributed by atoms with Gasteiger partial charge in [0, 0.05) is 12.1 Å². The minimum atomic E-state index is -0.696. The highest BCUT2D eigenvalue weighted by molar-refractivity contribution is 5.92. The third kappa shape index (κ3) is 14.4. The molecule has 0 aliphatic heterocycles. The molecule has 330 valence electrons. The number of hydrogen-bond acceptors (Lipinski definition) is 11. The summed E-state index contributed by atoms with van der Waals surface area (Å²) in [5.74, 6) is -3.03. The van der Waals surface area contributed by atoms with E-state index in [2.05, 4.69) is 44.9 Å². The number of aromatic nitrogens is 2. The van der Waals surface area contributed by atoms with Gasteiger partial charge in [-0.1, -0.05) is 123 Å². The van der Waals surface area contributed by atoms with Gasteiger partial charge in [-0.05, 0) is 72.9 Å². The molecule has 0 saturated heterocycles. The maximum Gasteiger partial charge on any atom is 0.416 e. The molecule has 14 heteroatoms. The molecule has 0 aliphatic carbocycles. The van der Waals surface area contributed by atoms with Gasteiger partial charge in [0.05, 0.1) is 44.6 Å². The zero-order chi connectivity index (χ0) is 45.1. The zero-order valence-corrected chi connectivity index (χ0v) is 36.1. The lowest BCUT2D eigenvalue weighted by Crippen LogP contribution is -2.38. The van der Waals surface area contributed by atoms with Crippen molar-refractivity contribution in [3.05, 3.63) is 155 Å². The highest BCUT2D eigenvalue weighted by atomic mass is 16.6. The number of hydrogen-bond donors (Lipinski definition) is 3. The van der Waals surface area contributed by atoms with Gasteiger partial charge in [-0.25, -0.2) is 4.79 Å². The second kappa shape index (κ2) is 23.7. The lowest BCUT2D eigenvalue weighted by molar-refractivity contribution is -0.148. The number of carbonyl (C=O) groups is 4. The van der Waals surface area contributed by atoms with Gasteiger partial charge in [-0.3, -0.25) is 24.2 Å². The van der Waals surface area contributed by atoms with Gasteiger partial charge in [0.1, 0.15) is 0 Å². The van der Waals surface area contributed by atoms with Crippen molar-refractivity contribution < 1.29 is 42.2 Å². The number of aromatic amines is 1. The molecule has 4 atom stereocenters. The Balaban J connectivity index is 0.000000238. The maximum absolute atomic E-state index is 12.7. The van der Waals surface area contributed by atoms with Crippen molar-refractivity contribution in [3.63, 3.8) is 0 Å². The highest BCUT2D eigenvalue weighted by Gasteiger charge is 2.25. The average Bonchev–Trinajstić information content (AvgIpc) is 3.97. The molecule has 0 aliphatic rings. The largest absolute Gasteiger partial charge is 0.466 e. The summed E-state index contributed by atoms with van der Waals surface area (Å²) in [4.78, 5) is 66.8. The summed E-state index contributed by atoms with van der Waals surface area (Å²) < 4.78 is 25.2.